The number of carbonyl (C=O) groups is 2. The molecule has 0 aromatic heterocycles. The molecule has 8 nitrogen and oxygen atoms in total. The van der Waals surface area contributed by atoms with Crippen LogP contribution in [0.3, 0.4) is 0 Å². The van der Waals surface area contributed by atoms with E-state index in [1.807, 2.05) is 11.8 Å². The number of amides is 1. The Balaban J connectivity index is 2.03. The number of hydrogen-bond donors (Lipinski definition) is 3. The van der Waals surface area contributed by atoms with Crippen molar-refractivity contribution in [2.75, 3.05) is 6.61 Å². The molecule has 0 aliphatic rings. The molecule has 1 amide bonds. The molecular formula is C16H16N2O6S. The van der Waals surface area contributed by atoms with Crippen LogP contribution in [-0.4, -0.2) is 32.0 Å². The fourth-order valence-electron chi connectivity index (χ4n) is 1.89. The summed E-state index contributed by atoms with van der Waals surface area (Å²) in [6.45, 7) is 2.32. The van der Waals surface area contributed by atoms with Crippen molar-refractivity contribution in [3.05, 3.63) is 59.7 Å². The summed E-state index contributed by atoms with van der Waals surface area (Å²) in [5, 5.41) is 8.80. The van der Waals surface area contributed by atoms with Crippen molar-refractivity contribution in [2.45, 2.75) is 11.8 Å². The predicted octanol–water partition coefficient (Wildman–Crippen LogP) is 1.41. The van der Waals surface area contributed by atoms with Crippen LogP contribution < -0.4 is 15.0 Å². The maximum atomic E-state index is 12.1. The number of carbonyl (C=O) groups excluding carboxylic acids is 1. The zero-order chi connectivity index (χ0) is 18.4. The van der Waals surface area contributed by atoms with Crippen LogP contribution in [0.15, 0.2) is 53.4 Å². The van der Waals surface area contributed by atoms with E-state index in [1.165, 1.54) is 12.1 Å². The smallest absolute Gasteiger partial charge is 0.335 e. The Morgan fingerprint density at radius 1 is 1.00 bits per heavy atom. The second-order valence-corrected chi connectivity index (χ2v) is 6.53. The monoisotopic (exact) mass is 364 g/mol. The lowest BCUT2D eigenvalue weighted by Gasteiger charge is -2.09. The maximum Gasteiger partial charge on any atom is 0.335 e. The standard InChI is InChI=1S/C16H16N2O6S/c1-2-24-13-7-3-11(4-8-13)15(19)17-18-25(22,23)14-9-5-12(6-10-14)16(20)21/h3-10,18H,2H2,1H3,(H,17,19)(H,20,21). The Bertz CT molecular complexity index is 861. The second-order valence-electron chi connectivity index (χ2n) is 4.85. The summed E-state index contributed by atoms with van der Waals surface area (Å²) in [7, 11) is -4.02. The maximum absolute atomic E-state index is 12.1. The van der Waals surface area contributed by atoms with E-state index in [0.717, 1.165) is 24.3 Å². The molecular weight excluding hydrogens is 348 g/mol. The number of benzene rings is 2. The number of hydrogen-bond acceptors (Lipinski definition) is 5. The van der Waals surface area contributed by atoms with Crippen molar-refractivity contribution >= 4 is 21.9 Å². The molecule has 25 heavy (non-hydrogen) atoms. The minimum absolute atomic E-state index is 0.0441. The average Bonchev–Trinajstić information content (AvgIpc) is 2.61. The van der Waals surface area contributed by atoms with Gasteiger partial charge in [0.15, 0.2) is 0 Å². The number of carboxylic acid groups (broad SMARTS) is 1. The van der Waals surface area contributed by atoms with Crippen molar-refractivity contribution in [3.8, 4) is 5.75 Å². The van der Waals surface area contributed by atoms with Gasteiger partial charge in [0.05, 0.1) is 17.1 Å². The predicted molar refractivity (Wildman–Crippen MR) is 88.8 cm³/mol. The van der Waals surface area contributed by atoms with E-state index in [2.05, 4.69) is 5.43 Å². The zero-order valence-corrected chi connectivity index (χ0v) is 14.0. The van der Waals surface area contributed by atoms with Crippen LogP contribution in [0.5, 0.6) is 5.75 Å². The summed E-state index contributed by atoms with van der Waals surface area (Å²) >= 11 is 0. The van der Waals surface area contributed by atoms with Crippen LogP contribution in [0.1, 0.15) is 27.6 Å². The molecule has 0 saturated heterocycles. The average molecular weight is 364 g/mol. The molecule has 0 radical (unpaired) electrons. The molecule has 2 rings (SSSR count). The lowest BCUT2D eigenvalue weighted by atomic mass is 10.2. The normalized spacial score (nSPS) is 10.9. The molecule has 0 bridgehead atoms. The van der Waals surface area contributed by atoms with Crippen LogP contribution in [-0.2, 0) is 10.0 Å². The first-order valence-corrected chi connectivity index (χ1v) is 8.70. The molecule has 0 saturated carbocycles. The first-order chi connectivity index (χ1) is 11.8. The number of nitrogens with one attached hydrogen (secondary N) is 2. The molecule has 2 aromatic rings. The first-order valence-electron chi connectivity index (χ1n) is 7.22. The molecule has 0 unspecified atom stereocenters. The molecule has 0 aliphatic carbocycles. The largest absolute Gasteiger partial charge is 0.494 e. The van der Waals surface area contributed by atoms with E-state index in [0.29, 0.717) is 12.4 Å². The number of rotatable bonds is 7. The van der Waals surface area contributed by atoms with E-state index < -0.39 is 21.9 Å². The Morgan fingerprint density at radius 2 is 1.56 bits per heavy atom. The SMILES string of the molecule is CCOc1ccc(C(=O)NNS(=O)(=O)c2ccc(C(=O)O)cc2)cc1. The first kappa shape index (κ1) is 18.4. The van der Waals surface area contributed by atoms with E-state index >= 15 is 0 Å². The van der Waals surface area contributed by atoms with Crippen molar-refractivity contribution in [3.63, 3.8) is 0 Å². The molecule has 3 N–H and O–H groups in total. The van der Waals surface area contributed by atoms with Crippen LogP contribution >= 0.6 is 0 Å². The van der Waals surface area contributed by atoms with Gasteiger partial charge in [0.25, 0.3) is 15.9 Å². The fraction of sp³-hybridized carbons (Fsp3) is 0.125. The zero-order valence-electron chi connectivity index (χ0n) is 13.2. The highest BCUT2D eigenvalue weighted by atomic mass is 32.2. The van der Waals surface area contributed by atoms with Gasteiger partial charge in [0.1, 0.15) is 5.75 Å². The third kappa shape index (κ3) is 4.78. The van der Waals surface area contributed by atoms with Gasteiger partial charge >= 0.3 is 5.97 Å². The van der Waals surface area contributed by atoms with Gasteiger partial charge in [-0.05, 0) is 55.5 Å². The highest BCUT2D eigenvalue weighted by Gasteiger charge is 2.16. The lowest BCUT2D eigenvalue weighted by molar-refractivity contribution is 0.0696. The molecule has 0 atom stereocenters. The second kappa shape index (κ2) is 7.77. The molecule has 0 heterocycles. The van der Waals surface area contributed by atoms with Crippen LogP contribution in [0.2, 0.25) is 0 Å². The summed E-state index contributed by atoms with van der Waals surface area (Å²) < 4.78 is 29.4. The van der Waals surface area contributed by atoms with Crippen molar-refractivity contribution in [2.24, 2.45) is 0 Å². The summed E-state index contributed by atoms with van der Waals surface area (Å²) in [6.07, 6.45) is 0. The van der Waals surface area contributed by atoms with Gasteiger partial charge in [-0.1, -0.05) is 0 Å². The number of ether oxygens (including phenoxy) is 1. The Hall–Kier alpha value is -2.91. The molecule has 0 spiro atoms. The van der Waals surface area contributed by atoms with Crippen molar-refractivity contribution in [1.82, 2.24) is 10.3 Å². The summed E-state index contributed by atoms with van der Waals surface area (Å²) in [5.41, 5.74) is 2.29. The van der Waals surface area contributed by atoms with Gasteiger partial charge in [0, 0.05) is 5.56 Å². The van der Waals surface area contributed by atoms with Crippen LogP contribution in [0.25, 0.3) is 0 Å². The minimum Gasteiger partial charge on any atom is -0.494 e. The van der Waals surface area contributed by atoms with Crippen LogP contribution in [0.4, 0.5) is 0 Å². The molecule has 0 aliphatic heterocycles. The Morgan fingerprint density at radius 3 is 2.08 bits per heavy atom. The molecule has 0 fully saturated rings. The van der Waals surface area contributed by atoms with Crippen molar-refractivity contribution < 1.29 is 27.9 Å². The van der Waals surface area contributed by atoms with E-state index in [9.17, 15) is 18.0 Å². The summed E-state index contributed by atoms with van der Waals surface area (Å²) in [6, 6.07) is 10.8. The Kier molecular flexibility index (Phi) is 5.73. The number of aromatic carboxylic acids is 1. The lowest BCUT2D eigenvalue weighted by Crippen LogP contribution is -2.41. The number of sulfonamides is 1. The van der Waals surface area contributed by atoms with Gasteiger partial charge in [-0.3, -0.25) is 10.2 Å². The Labute approximate surface area is 144 Å². The number of hydrazine groups is 1. The van der Waals surface area contributed by atoms with Crippen molar-refractivity contribution in [1.29, 1.82) is 0 Å². The third-order valence-electron chi connectivity index (χ3n) is 3.14. The van der Waals surface area contributed by atoms with E-state index in [4.69, 9.17) is 9.84 Å². The van der Waals surface area contributed by atoms with Gasteiger partial charge in [-0.2, -0.15) is 0 Å². The topological polar surface area (TPSA) is 122 Å². The number of carboxylic acids is 1. The van der Waals surface area contributed by atoms with Gasteiger partial charge in [-0.15, -0.1) is 4.83 Å². The highest BCUT2D eigenvalue weighted by molar-refractivity contribution is 7.89. The van der Waals surface area contributed by atoms with Crippen LogP contribution in [0, 0.1) is 0 Å². The van der Waals surface area contributed by atoms with E-state index in [1.54, 1.807) is 12.1 Å². The third-order valence-corrected chi connectivity index (χ3v) is 4.40. The fourth-order valence-corrected chi connectivity index (χ4v) is 2.73. The van der Waals surface area contributed by atoms with Gasteiger partial charge < -0.3 is 9.84 Å². The van der Waals surface area contributed by atoms with Gasteiger partial charge in [0.2, 0.25) is 0 Å². The molecule has 132 valence electrons. The van der Waals surface area contributed by atoms with Gasteiger partial charge in [-0.25, -0.2) is 13.2 Å². The highest BCUT2D eigenvalue weighted by Crippen LogP contribution is 2.12. The minimum atomic E-state index is -4.02. The molecule has 2 aromatic carbocycles. The summed E-state index contributed by atoms with van der Waals surface area (Å²) in [4.78, 5) is 24.5. The summed E-state index contributed by atoms with van der Waals surface area (Å²) in [5.74, 6) is -1.22. The molecule has 9 heteroatoms. The van der Waals surface area contributed by atoms with E-state index in [-0.39, 0.29) is 16.0 Å². The quantitative estimate of drug-likeness (QED) is 0.639.